The third-order valence-electron chi connectivity index (χ3n) is 2.62. The summed E-state index contributed by atoms with van der Waals surface area (Å²) in [4.78, 5) is 14.8. The number of carboxylic acid groups (broad SMARTS) is 1. The highest BCUT2D eigenvalue weighted by atomic mass is 16.4. The van der Waals surface area contributed by atoms with E-state index in [1.54, 1.807) is 0 Å². The Labute approximate surface area is 104 Å². The van der Waals surface area contributed by atoms with Gasteiger partial charge in [-0.2, -0.15) is 0 Å². The number of nitrogens with one attached hydrogen (secondary N) is 1. The number of carbonyl (C=O) groups is 1. The van der Waals surface area contributed by atoms with Gasteiger partial charge in [0.25, 0.3) is 0 Å². The molecule has 0 spiro atoms. The number of carboxylic acids is 1. The van der Waals surface area contributed by atoms with E-state index in [4.69, 9.17) is 20.4 Å². The lowest BCUT2D eigenvalue weighted by Gasteiger charge is -2.29. The number of aryl methyl sites for hydroxylation is 1. The number of aromatic carboxylic acids is 1. The summed E-state index contributed by atoms with van der Waals surface area (Å²) >= 11 is 0. The van der Waals surface area contributed by atoms with Crippen molar-refractivity contribution in [1.82, 2.24) is 4.98 Å². The summed E-state index contributed by atoms with van der Waals surface area (Å²) in [6.07, 6.45) is 0. The minimum Gasteiger partial charge on any atom is -0.478 e. The van der Waals surface area contributed by atoms with Crippen molar-refractivity contribution in [3.8, 4) is 0 Å². The van der Waals surface area contributed by atoms with E-state index in [-0.39, 0.29) is 11.4 Å². The number of aliphatic hydroxyl groups excluding tert-OH is 3. The first-order chi connectivity index (χ1) is 8.48. The maximum Gasteiger partial charge on any atom is 0.337 e. The fourth-order valence-electron chi connectivity index (χ4n) is 1.40. The van der Waals surface area contributed by atoms with Crippen LogP contribution in [0.25, 0.3) is 0 Å². The van der Waals surface area contributed by atoms with Gasteiger partial charge in [-0.25, -0.2) is 9.78 Å². The Morgan fingerprint density at radius 2 is 1.83 bits per heavy atom. The Balaban J connectivity index is 2.98. The van der Waals surface area contributed by atoms with Crippen LogP contribution in [-0.4, -0.2) is 56.7 Å². The van der Waals surface area contributed by atoms with Gasteiger partial charge in [-0.1, -0.05) is 0 Å². The van der Waals surface area contributed by atoms with Gasteiger partial charge in [0.05, 0.1) is 31.1 Å². The second-order valence-corrected chi connectivity index (χ2v) is 4.01. The molecule has 0 aliphatic rings. The van der Waals surface area contributed by atoms with Gasteiger partial charge < -0.3 is 25.7 Å². The summed E-state index contributed by atoms with van der Waals surface area (Å²) < 4.78 is 0. The Morgan fingerprint density at radius 3 is 2.22 bits per heavy atom. The lowest BCUT2D eigenvalue weighted by atomic mass is 10.0. The molecule has 0 unspecified atom stereocenters. The standard InChI is InChI=1S/C11H16N2O5/c1-7-8(10(17)18)2-3-9(12-7)13-11(4-14,5-15)6-16/h2-3,14-16H,4-6H2,1H3,(H,12,13)(H,17,18). The molecule has 7 nitrogen and oxygen atoms in total. The fourth-order valence-corrected chi connectivity index (χ4v) is 1.40. The molecule has 7 heteroatoms. The van der Waals surface area contributed by atoms with Crippen molar-refractivity contribution >= 4 is 11.8 Å². The quantitative estimate of drug-likeness (QED) is 0.452. The molecule has 0 aromatic carbocycles. The molecule has 0 atom stereocenters. The van der Waals surface area contributed by atoms with Gasteiger partial charge in [-0.3, -0.25) is 0 Å². The predicted molar refractivity (Wildman–Crippen MR) is 63.5 cm³/mol. The van der Waals surface area contributed by atoms with Gasteiger partial charge in [-0.15, -0.1) is 0 Å². The van der Waals surface area contributed by atoms with Crippen LogP contribution in [-0.2, 0) is 0 Å². The van der Waals surface area contributed by atoms with Crippen molar-refractivity contribution in [1.29, 1.82) is 0 Å². The Bertz CT molecular complexity index is 423. The largest absolute Gasteiger partial charge is 0.478 e. The first-order valence-corrected chi connectivity index (χ1v) is 5.29. The van der Waals surface area contributed by atoms with E-state index < -0.39 is 31.3 Å². The van der Waals surface area contributed by atoms with Crippen LogP contribution in [0.3, 0.4) is 0 Å². The van der Waals surface area contributed by atoms with Gasteiger partial charge in [-0.05, 0) is 19.1 Å². The van der Waals surface area contributed by atoms with Crippen LogP contribution in [0, 0.1) is 6.92 Å². The monoisotopic (exact) mass is 256 g/mol. The highest BCUT2D eigenvalue weighted by Gasteiger charge is 2.28. The number of aliphatic hydroxyl groups is 3. The van der Waals surface area contributed by atoms with Gasteiger partial charge in [0.2, 0.25) is 0 Å². The minimum absolute atomic E-state index is 0.0724. The summed E-state index contributed by atoms with van der Waals surface area (Å²) in [5, 5.41) is 39.0. The molecule has 1 aromatic rings. The van der Waals surface area contributed by atoms with E-state index in [0.717, 1.165) is 0 Å². The number of pyridine rings is 1. The molecule has 0 amide bonds. The molecule has 0 fully saturated rings. The van der Waals surface area contributed by atoms with E-state index in [0.29, 0.717) is 5.69 Å². The average molecular weight is 256 g/mol. The molecule has 0 aliphatic heterocycles. The van der Waals surface area contributed by atoms with E-state index >= 15 is 0 Å². The average Bonchev–Trinajstić information content (AvgIpc) is 2.36. The van der Waals surface area contributed by atoms with E-state index in [2.05, 4.69) is 10.3 Å². The molecule has 1 rings (SSSR count). The normalized spacial score (nSPS) is 11.3. The van der Waals surface area contributed by atoms with Crippen molar-refractivity contribution in [2.45, 2.75) is 12.5 Å². The minimum atomic E-state index is -1.29. The van der Waals surface area contributed by atoms with Gasteiger partial charge >= 0.3 is 5.97 Å². The van der Waals surface area contributed by atoms with Crippen LogP contribution in [0.1, 0.15) is 16.1 Å². The Kier molecular flexibility index (Phi) is 4.60. The van der Waals surface area contributed by atoms with Crippen molar-refractivity contribution in [3.05, 3.63) is 23.4 Å². The van der Waals surface area contributed by atoms with Gasteiger partial charge in [0, 0.05) is 0 Å². The van der Waals surface area contributed by atoms with Crippen LogP contribution in [0.15, 0.2) is 12.1 Å². The van der Waals surface area contributed by atoms with E-state index in [9.17, 15) is 4.79 Å². The highest BCUT2D eigenvalue weighted by Crippen LogP contribution is 2.15. The summed E-state index contributed by atoms with van der Waals surface area (Å²) in [6, 6.07) is 2.77. The fraction of sp³-hybridized carbons (Fsp3) is 0.455. The van der Waals surface area contributed by atoms with Crippen molar-refractivity contribution in [2.75, 3.05) is 25.1 Å². The van der Waals surface area contributed by atoms with Crippen LogP contribution in [0.2, 0.25) is 0 Å². The summed E-state index contributed by atoms with van der Waals surface area (Å²) in [6.45, 7) is 0.0807. The molecule has 0 saturated carbocycles. The Hall–Kier alpha value is -1.70. The highest BCUT2D eigenvalue weighted by molar-refractivity contribution is 5.89. The molecular weight excluding hydrogens is 240 g/mol. The first-order valence-electron chi connectivity index (χ1n) is 5.29. The molecular formula is C11H16N2O5. The molecule has 18 heavy (non-hydrogen) atoms. The molecule has 0 aliphatic carbocycles. The maximum atomic E-state index is 10.8. The summed E-state index contributed by atoms with van der Waals surface area (Å²) in [7, 11) is 0. The smallest absolute Gasteiger partial charge is 0.337 e. The molecule has 1 aromatic heterocycles. The van der Waals surface area contributed by atoms with Gasteiger partial charge in [0.1, 0.15) is 11.4 Å². The molecule has 5 N–H and O–H groups in total. The topological polar surface area (TPSA) is 123 Å². The number of hydrogen-bond donors (Lipinski definition) is 5. The number of hydrogen-bond acceptors (Lipinski definition) is 6. The zero-order valence-corrected chi connectivity index (χ0v) is 9.92. The number of aromatic nitrogens is 1. The third kappa shape index (κ3) is 2.95. The summed E-state index contributed by atoms with van der Waals surface area (Å²) in [5.41, 5.74) is -0.914. The third-order valence-corrected chi connectivity index (χ3v) is 2.62. The maximum absolute atomic E-state index is 10.8. The summed E-state index contributed by atoms with van der Waals surface area (Å²) in [5.74, 6) is -0.807. The second kappa shape index (κ2) is 5.76. The van der Waals surface area contributed by atoms with E-state index in [1.165, 1.54) is 19.1 Å². The predicted octanol–water partition coefficient (Wildman–Crippen LogP) is -0.784. The SMILES string of the molecule is Cc1nc(NC(CO)(CO)CO)ccc1C(=O)O. The lowest BCUT2D eigenvalue weighted by molar-refractivity contribution is 0.0695. The molecule has 100 valence electrons. The zero-order chi connectivity index (χ0) is 13.8. The second-order valence-electron chi connectivity index (χ2n) is 4.01. The van der Waals surface area contributed by atoms with Crippen LogP contribution < -0.4 is 5.32 Å². The zero-order valence-electron chi connectivity index (χ0n) is 9.92. The number of anilines is 1. The van der Waals surface area contributed by atoms with Crippen LogP contribution >= 0.6 is 0 Å². The van der Waals surface area contributed by atoms with Gasteiger partial charge in [0.15, 0.2) is 0 Å². The molecule has 1 heterocycles. The molecule has 0 saturated heterocycles. The number of rotatable bonds is 6. The van der Waals surface area contributed by atoms with Crippen molar-refractivity contribution in [3.63, 3.8) is 0 Å². The van der Waals surface area contributed by atoms with Crippen molar-refractivity contribution < 1.29 is 25.2 Å². The lowest BCUT2D eigenvalue weighted by Crippen LogP contribution is -2.49. The molecule has 0 bridgehead atoms. The Morgan fingerprint density at radius 1 is 1.28 bits per heavy atom. The van der Waals surface area contributed by atoms with Crippen molar-refractivity contribution in [2.24, 2.45) is 0 Å². The number of nitrogens with zero attached hydrogens (tertiary/aromatic N) is 1. The first kappa shape index (κ1) is 14.4. The van der Waals surface area contributed by atoms with Crippen LogP contribution in [0.4, 0.5) is 5.82 Å². The van der Waals surface area contributed by atoms with Crippen LogP contribution in [0.5, 0.6) is 0 Å². The molecule has 0 radical (unpaired) electrons. The van der Waals surface area contributed by atoms with E-state index in [1.807, 2.05) is 0 Å².